The van der Waals surface area contributed by atoms with Crippen molar-refractivity contribution in [3.8, 4) is 0 Å². The molecule has 1 aromatic carbocycles. The summed E-state index contributed by atoms with van der Waals surface area (Å²) in [4.78, 5) is 14.2. The van der Waals surface area contributed by atoms with Gasteiger partial charge in [-0.25, -0.2) is 9.18 Å². The number of hydrogen-bond donors (Lipinski definition) is 2. The highest BCUT2D eigenvalue weighted by Crippen LogP contribution is 2.24. The Labute approximate surface area is 188 Å². The maximum Gasteiger partial charge on any atom is 0.315 e. The molecule has 4 rings (SSSR count). The van der Waals surface area contributed by atoms with E-state index in [0.717, 1.165) is 43.0 Å². The molecule has 3 heterocycles. The summed E-state index contributed by atoms with van der Waals surface area (Å²) in [5.74, 6) is 1.69. The van der Waals surface area contributed by atoms with Gasteiger partial charge in [0.2, 0.25) is 0 Å². The van der Waals surface area contributed by atoms with Gasteiger partial charge in [0.25, 0.3) is 0 Å². The largest absolute Gasteiger partial charge is 0.372 e. The van der Waals surface area contributed by atoms with Crippen LogP contribution in [0.4, 0.5) is 14.9 Å². The monoisotopic (exact) mass is 444 g/mol. The van der Waals surface area contributed by atoms with E-state index in [9.17, 15) is 9.18 Å². The van der Waals surface area contributed by atoms with Gasteiger partial charge in [0.15, 0.2) is 0 Å². The van der Waals surface area contributed by atoms with Crippen molar-refractivity contribution in [1.82, 2.24) is 25.4 Å². The lowest BCUT2D eigenvalue weighted by Crippen LogP contribution is -2.45. The van der Waals surface area contributed by atoms with E-state index in [1.54, 1.807) is 6.07 Å². The van der Waals surface area contributed by atoms with Crippen molar-refractivity contribution >= 4 is 11.7 Å². The Hall–Kier alpha value is -2.68. The number of aromatic nitrogens is 3. The molecular weight excluding hydrogens is 411 g/mol. The number of urea groups is 1. The van der Waals surface area contributed by atoms with Gasteiger partial charge in [-0.15, -0.1) is 10.2 Å². The average molecular weight is 445 g/mol. The molecule has 2 N–H and O–H groups in total. The number of hydrogen-bond acceptors (Lipinski definition) is 5. The number of fused-ring (bicyclic) bond motifs is 1. The summed E-state index contributed by atoms with van der Waals surface area (Å²) in [7, 11) is 0. The zero-order valence-electron chi connectivity index (χ0n) is 18.9. The molecule has 0 bridgehead atoms. The Kier molecular flexibility index (Phi) is 7.24. The summed E-state index contributed by atoms with van der Waals surface area (Å²) in [5.41, 5.74) is 1.30. The van der Waals surface area contributed by atoms with Gasteiger partial charge < -0.3 is 24.8 Å². The van der Waals surface area contributed by atoms with Gasteiger partial charge in [0.1, 0.15) is 17.5 Å². The number of benzene rings is 1. The SMILES string of the molecule is CC1CN(c2ccc(CNC(=O)NCCc3nnc4n3CCCCC4)cc2F)CC(C)O1. The highest BCUT2D eigenvalue weighted by atomic mass is 19.1. The topological polar surface area (TPSA) is 84.3 Å². The van der Waals surface area contributed by atoms with Crippen LogP contribution in [0.1, 0.15) is 50.3 Å². The molecule has 2 aliphatic heterocycles. The summed E-state index contributed by atoms with van der Waals surface area (Å²) in [6.45, 7) is 7.01. The van der Waals surface area contributed by atoms with E-state index in [1.807, 2.05) is 24.8 Å². The standard InChI is InChI=1S/C23H33FN6O2/c1-16-14-29(15-17(2)32-16)20-8-7-18(12-19(20)24)13-26-23(31)25-10-9-22-28-27-21-6-4-3-5-11-30(21)22/h7-8,12,16-17H,3-6,9-11,13-15H2,1-2H3,(H2,25,26,31). The summed E-state index contributed by atoms with van der Waals surface area (Å²) < 4.78 is 22.6. The summed E-state index contributed by atoms with van der Waals surface area (Å²) >= 11 is 0. The third kappa shape index (κ3) is 5.56. The van der Waals surface area contributed by atoms with E-state index >= 15 is 0 Å². The first kappa shape index (κ1) is 22.5. The predicted octanol–water partition coefficient (Wildman–Crippen LogP) is 2.80. The van der Waals surface area contributed by atoms with Crippen molar-refractivity contribution in [2.24, 2.45) is 0 Å². The number of amides is 2. The third-order valence-corrected chi connectivity index (χ3v) is 6.05. The number of carbonyl (C=O) groups is 1. The zero-order valence-corrected chi connectivity index (χ0v) is 18.9. The fraction of sp³-hybridized carbons (Fsp3) is 0.609. The molecule has 2 unspecified atom stereocenters. The number of ether oxygens (including phenoxy) is 1. The van der Waals surface area contributed by atoms with E-state index in [2.05, 4.69) is 25.4 Å². The molecular formula is C23H33FN6O2. The second kappa shape index (κ2) is 10.3. The summed E-state index contributed by atoms with van der Waals surface area (Å²) in [6, 6.07) is 4.85. The van der Waals surface area contributed by atoms with Gasteiger partial charge >= 0.3 is 6.03 Å². The molecule has 1 saturated heterocycles. The molecule has 1 fully saturated rings. The number of rotatable bonds is 6. The Bertz CT molecular complexity index is 923. The third-order valence-electron chi connectivity index (χ3n) is 6.05. The Morgan fingerprint density at radius 1 is 1.16 bits per heavy atom. The minimum Gasteiger partial charge on any atom is -0.372 e. The van der Waals surface area contributed by atoms with Crippen LogP contribution in [-0.2, 0) is 30.7 Å². The number of anilines is 1. The maximum atomic E-state index is 14.7. The Morgan fingerprint density at radius 3 is 2.75 bits per heavy atom. The van der Waals surface area contributed by atoms with Crippen molar-refractivity contribution < 1.29 is 13.9 Å². The normalized spacial score (nSPS) is 21.0. The smallest absolute Gasteiger partial charge is 0.315 e. The van der Waals surface area contributed by atoms with E-state index in [4.69, 9.17) is 4.74 Å². The van der Waals surface area contributed by atoms with Crippen LogP contribution in [0.2, 0.25) is 0 Å². The number of nitrogens with one attached hydrogen (secondary N) is 2. The second-order valence-electron chi connectivity index (χ2n) is 8.80. The molecule has 1 aromatic heterocycles. The molecule has 0 spiro atoms. The van der Waals surface area contributed by atoms with Crippen LogP contribution in [0.15, 0.2) is 18.2 Å². The molecule has 174 valence electrons. The predicted molar refractivity (Wildman–Crippen MR) is 120 cm³/mol. The van der Waals surface area contributed by atoms with Crippen LogP contribution < -0.4 is 15.5 Å². The van der Waals surface area contributed by atoms with Gasteiger partial charge in [-0.1, -0.05) is 12.5 Å². The summed E-state index contributed by atoms with van der Waals surface area (Å²) in [6.07, 6.45) is 5.26. The van der Waals surface area contributed by atoms with E-state index < -0.39 is 0 Å². The van der Waals surface area contributed by atoms with E-state index in [1.165, 1.54) is 12.5 Å². The van der Waals surface area contributed by atoms with Crippen molar-refractivity contribution in [3.63, 3.8) is 0 Å². The molecule has 2 atom stereocenters. The number of carbonyl (C=O) groups excluding carboxylic acids is 1. The van der Waals surface area contributed by atoms with Gasteiger partial charge in [-0.05, 0) is 44.4 Å². The van der Waals surface area contributed by atoms with Crippen molar-refractivity contribution in [1.29, 1.82) is 0 Å². The van der Waals surface area contributed by atoms with Crippen LogP contribution >= 0.6 is 0 Å². The van der Waals surface area contributed by atoms with E-state index in [0.29, 0.717) is 31.7 Å². The Morgan fingerprint density at radius 2 is 1.97 bits per heavy atom. The van der Waals surface area contributed by atoms with Crippen molar-refractivity contribution in [2.75, 3.05) is 24.5 Å². The first-order valence-corrected chi connectivity index (χ1v) is 11.6. The van der Waals surface area contributed by atoms with Gasteiger partial charge in [0.05, 0.1) is 17.9 Å². The lowest BCUT2D eigenvalue weighted by Gasteiger charge is -2.37. The van der Waals surface area contributed by atoms with Crippen LogP contribution in [0, 0.1) is 5.82 Å². The van der Waals surface area contributed by atoms with Crippen LogP contribution in [0.25, 0.3) is 0 Å². The molecule has 2 amide bonds. The molecule has 0 aliphatic carbocycles. The van der Waals surface area contributed by atoms with Gasteiger partial charge in [0, 0.05) is 45.6 Å². The fourth-order valence-electron chi connectivity index (χ4n) is 4.55. The highest BCUT2D eigenvalue weighted by Gasteiger charge is 2.24. The molecule has 2 aliphatic rings. The lowest BCUT2D eigenvalue weighted by molar-refractivity contribution is -0.00539. The maximum absolute atomic E-state index is 14.7. The molecule has 0 saturated carbocycles. The second-order valence-corrected chi connectivity index (χ2v) is 8.80. The quantitative estimate of drug-likeness (QED) is 0.716. The van der Waals surface area contributed by atoms with Crippen LogP contribution in [0.3, 0.4) is 0 Å². The average Bonchev–Trinajstić information content (AvgIpc) is 2.98. The van der Waals surface area contributed by atoms with Crippen molar-refractivity contribution in [2.45, 2.75) is 71.2 Å². The number of halogens is 1. The van der Waals surface area contributed by atoms with Gasteiger partial charge in [-0.3, -0.25) is 0 Å². The van der Waals surface area contributed by atoms with Crippen LogP contribution in [0.5, 0.6) is 0 Å². The molecule has 2 aromatic rings. The molecule has 0 radical (unpaired) electrons. The number of nitrogens with zero attached hydrogens (tertiary/aromatic N) is 4. The minimum absolute atomic E-state index is 0.0656. The lowest BCUT2D eigenvalue weighted by atomic mass is 10.1. The van der Waals surface area contributed by atoms with Crippen molar-refractivity contribution in [3.05, 3.63) is 41.2 Å². The minimum atomic E-state index is -0.279. The number of aryl methyl sites for hydroxylation is 1. The molecule has 32 heavy (non-hydrogen) atoms. The zero-order chi connectivity index (χ0) is 22.5. The summed E-state index contributed by atoms with van der Waals surface area (Å²) in [5, 5.41) is 14.2. The Balaban J connectivity index is 1.24. The first-order valence-electron chi connectivity index (χ1n) is 11.6. The highest BCUT2D eigenvalue weighted by molar-refractivity contribution is 5.73. The first-order chi connectivity index (χ1) is 15.5. The van der Waals surface area contributed by atoms with Gasteiger partial charge in [-0.2, -0.15) is 0 Å². The van der Waals surface area contributed by atoms with Crippen LogP contribution in [-0.4, -0.2) is 52.6 Å². The number of morpholine rings is 1. The molecule has 8 nitrogen and oxygen atoms in total. The van der Waals surface area contributed by atoms with E-state index in [-0.39, 0.29) is 30.6 Å². The fourth-order valence-corrected chi connectivity index (χ4v) is 4.55. The molecule has 9 heteroatoms.